The highest BCUT2D eigenvalue weighted by Gasteiger charge is 2.33. The van der Waals surface area contributed by atoms with Gasteiger partial charge in [-0.15, -0.1) is 0 Å². The SMILES string of the molecule is O=C(O)CCC(=O)SC1CCC(=O)N1Cc1ccc(Oc2ccccc2)cc1. The molecule has 1 fully saturated rings. The van der Waals surface area contributed by atoms with Crippen LogP contribution in [0.15, 0.2) is 54.6 Å². The Morgan fingerprint density at radius 1 is 1.04 bits per heavy atom. The van der Waals surface area contributed by atoms with E-state index in [1.807, 2.05) is 54.6 Å². The molecule has 1 N–H and O–H groups in total. The fraction of sp³-hybridized carbons (Fsp3) is 0.286. The van der Waals surface area contributed by atoms with Crippen molar-refractivity contribution in [1.82, 2.24) is 4.90 Å². The number of carboxylic acid groups (broad SMARTS) is 1. The van der Waals surface area contributed by atoms with Crippen LogP contribution in [0.2, 0.25) is 0 Å². The van der Waals surface area contributed by atoms with Crippen molar-refractivity contribution < 1.29 is 24.2 Å². The summed E-state index contributed by atoms with van der Waals surface area (Å²) in [6, 6.07) is 17.0. The van der Waals surface area contributed by atoms with Crippen molar-refractivity contribution in [1.29, 1.82) is 0 Å². The predicted molar refractivity (Wildman–Crippen MR) is 106 cm³/mol. The number of carbonyl (C=O) groups is 3. The van der Waals surface area contributed by atoms with Crippen LogP contribution in [0.1, 0.15) is 31.2 Å². The standard InChI is InChI=1S/C21H21NO5S/c23-18-10-11-19(28-21(26)13-12-20(24)25)22(18)14-15-6-8-17(9-7-15)27-16-4-2-1-3-5-16/h1-9,19H,10-14H2,(H,24,25). The monoisotopic (exact) mass is 399 g/mol. The zero-order chi connectivity index (χ0) is 19.9. The van der Waals surface area contributed by atoms with Crippen molar-refractivity contribution in [2.75, 3.05) is 0 Å². The highest BCUT2D eigenvalue weighted by Crippen LogP contribution is 2.31. The zero-order valence-electron chi connectivity index (χ0n) is 15.2. The van der Waals surface area contributed by atoms with E-state index in [2.05, 4.69) is 0 Å². The van der Waals surface area contributed by atoms with E-state index >= 15 is 0 Å². The second-order valence-electron chi connectivity index (χ2n) is 6.46. The average molecular weight is 399 g/mol. The van der Waals surface area contributed by atoms with Crippen molar-refractivity contribution in [2.24, 2.45) is 0 Å². The molecule has 1 amide bonds. The van der Waals surface area contributed by atoms with Gasteiger partial charge in [-0.1, -0.05) is 42.1 Å². The molecule has 0 bridgehead atoms. The van der Waals surface area contributed by atoms with Crippen LogP contribution in [0.25, 0.3) is 0 Å². The van der Waals surface area contributed by atoms with Gasteiger partial charge in [0.05, 0.1) is 11.8 Å². The summed E-state index contributed by atoms with van der Waals surface area (Å²) in [5.74, 6) is 0.470. The normalized spacial score (nSPS) is 16.2. The van der Waals surface area contributed by atoms with Crippen LogP contribution in [0.4, 0.5) is 0 Å². The molecular formula is C21H21NO5S. The molecule has 2 aromatic carbocycles. The topological polar surface area (TPSA) is 83.9 Å². The summed E-state index contributed by atoms with van der Waals surface area (Å²) in [5, 5.41) is 8.25. The van der Waals surface area contributed by atoms with Crippen molar-refractivity contribution in [2.45, 2.75) is 37.6 Å². The van der Waals surface area contributed by atoms with Crippen LogP contribution in [0.3, 0.4) is 0 Å². The molecule has 1 heterocycles. The van der Waals surface area contributed by atoms with Gasteiger partial charge >= 0.3 is 5.97 Å². The zero-order valence-corrected chi connectivity index (χ0v) is 16.1. The van der Waals surface area contributed by atoms with E-state index in [0.29, 0.717) is 25.1 Å². The Morgan fingerprint density at radius 3 is 2.39 bits per heavy atom. The van der Waals surface area contributed by atoms with E-state index in [1.165, 1.54) is 0 Å². The molecule has 0 aromatic heterocycles. The molecule has 1 atom stereocenters. The van der Waals surface area contributed by atoms with Gasteiger partial charge in [-0.25, -0.2) is 0 Å². The smallest absolute Gasteiger partial charge is 0.303 e. The number of nitrogens with zero attached hydrogens (tertiary/aromatic N) is 1. The molecule has 146 valence electrons. The lowest BCUT2D eigenvalue weighted by molar-refractivity contribution is -0.138. The first-order chi connectivity index (χ1) is 13.5. The molecule has 1 aliphatic rings. The summed E-state index contributed by atoms with van der Waals surface area (Å²) in [4.78, 5) is 36.5. The summed E-state index contributed by atoms with van der Waals surface area (Å²) >= 11 is 1.06. The first-order valence-corrected chi connectivity index (χ1v) is 9.92. The van der Waals surface area contributed by atoms with Gasteiger partial charge in [0.2, 0.25) is 5.91 Å². The van der Waals surface area contributed by atoms with E-state index in [0.717, 1.165) is 23.1 Å². The maximum atomic E-state index is 12.2. The first-order valence-electron chi connectivity index (χ1n) is 9.04. The number of thioether (sulfide) groups is 1. The van der Waals surface area contributed by atoms with Gasteiger partial charge < -0.3 is 14.7 Å². The fourth-order valence-corrected chi connectivity index (χ4v) is 4.00. The minimum absolute atomic E-state index is 0.00754. The van der Waals surface area contributed by atoms with E-state index < -0.39 is 5.97 Å². The molecule has 3 rings (SSSR count). The van der Waals surface area contributed by atoms with Gasteiger partial charge in [-0.3, -0.25) is 14.4 Å². The highest BCUT2D eigenvalue weighted by molar-refractivity contribution is 8.14. The molecule has 1 unspecified atom stereocenters. The van der Waals surface area contributed by atoms with Crippen LogP contribution in [0, 0.1) is 0 Å². The lowest BCUT2D eigenvalue weighted by Gasteiger charge is -2.24. The van der Waals surface area contributed by atoms with Gasteiger partial charge in [-0.2, -0.15) is 0 Å². The number of hydrogen-bond donors (Lipinski definition) is 1. The Morgan fingerprint density at radius 2 is 1.71 bits per heavy atom. The molecule has 1 aliphatic heterocycles. The number of rotatable bonds is 8. The predicted octanol–water partition coefficient (Wildman–Crippen LogP) is 4.05. The summed E-state index contributed by atoms with van der Waals surface area (Å²) in [6.45, 7) is 0.411. The van der Waals surface area contributed by atoms with Gasteiger partial charge in [0.25, 0.3) is 0 Å². The number of benzene rings is 2. The molecule has 1 saturated heterocycles. The summed E-state index contributed by atoms with van der Waals surface area (Å²) in [6.07, 6.45) is 0.788. The lowest BCUT2D eigenvalue weighted by atomic mass is 10.2. The quantitative estimate of drug-likeness (QED) is 0.721. The second kappa shape index (κ2) is 9.41. The van der Waals surface area contributed by atoms with Gasteiger partial charge in [0.1, 0.15) is 11.5 Å². The van der Waals surface area contributed by atoms with Crippen LogP contribution in [-0.2, 0) is 20.9 Å². The van der Waals surface area contributed by atoms with Crippen molar-refractivity contribution in [3.8, 4) is 11.5 Å². The first kappa shape index (κ1) is 19.9. The molecule has 28 heavy (non-hydrogen) atoms. The number of aliphatic carboxylic acids is 1. The van der Waals surface area contributed by atoms with Crippen molar-refractivity contribution >= 4 is 28.8 Å². The van der Waals surface area contributed by atoms with E-state index in [1.54, 1.807) is 4.90 Å². The Hall–Kier alpha value is -2.80. The third-order valence-corrected chi connectivity index (χ3v) is 5.57. The van der Waals surface area contributed by atoms with Crippen LogP contribution in [0.5, 0.6) is 11.5 Å². The fourth-order valence-electron chi connectivity index (χ4n) is 2.92. The molecule has 2 aromatic rings. The molecule has 6 nitrogen and oxygen atoms in total. The van der Waals surface area contributed by atoms with Crippen LogP contribution >= 0.6 is 11.8 Å². The Labute approximate surface area is 167 Å². The van der Waals surface area contributed by atoms with E-state index in [9.17, 15) is 14.4 Å². The minimum Gasteiger partial charge on any atom is -0.481 e. The molecule has 0 aliphatic carbocycles. The minimum atomic E-state index is -0.994. The van der Waals surface area contributed by atoms with Crippen LogP contribution < -0.4 is 4.74 Å². The Bertz CT molecular complexity index is 838. The van der Waals surface area contributed by atoms with Crippen molar-refractivity contribution in [3.05, 3.63) is 60.2 Å². The highest BCUT2D eigenvalue weighted by atomic mass is 32.2. The Kier molecular flexibility index (Phi) is 6.71. The molecule has 0 saturated carbocycles. The molecule has 7 heteroatoms. The van der Waals surface area contributed by atoms with Gasteiger partial charge in [-0.05, 0) is 36.2 Å². The lowest BCUT2D eigenvalue weighted by Crippen LogP contribution is -2.31. The molecule has 0 spiro atoms. The molecular weight excluding hydrogens is 378 g/mol. The number of carbonyl (C=O) groups excluding carboxylic acids is 2. The van der Waals surface area contributed by atoms with Crippen molar-refractivity contribution in [3.63, 3.8) is 0 Å². The number of amides is 1. The summed E-state index contributed by atoms with van der Waals surface area (Å²) in [7, 11) is 0. The summed E-state index contributed by atoms with van der Waals surface area (Å²) < 4.78 is 5.77. The average Bonchev–Trinajstić information content (AvgIpc) is 3.02. The summed E-state index contributed by atoms with van der Waals surface area (Å²) in [5.41, 5.74) is 0.944. The number of likely N-dealkylation sites (tertiary alicyclic amines) is 1. The maximum Gasteiger partial charge on any atom is 0.303 e. The van der Waals surface area contributed by atoms with Gasteiger partial charge in [0.15, 0.2) is 5.12 Å². The Balaban J connectivity index is 1.58. The molecule has 0 radical (unpaired) electrons. The maximum absolute atomic E-state index is 12.2. The number of carboxylic acids is 1. The van der Waals surface area contributed by atoms with E-state index in [-0.39, 0.29) is 29.2 Å². The number of ether oxygens (including phenoxy) is 1. The second-order valence-corrected chi connectivity index (χ2v) is 7.69. The number of hydrogen-bond acceptors (Lipinski definition) is 5. The van der Waals surface area contributed by atoms with Crippen LogP contribution in [-0.4, -0.2) is 32.4 Å². The third kappa shape index (κ3) is 5.60. The number of para-hydroxylation sites is 1. The van der Waals surface area contributed by atoms with E-state index in [4.69, 9.17) is 9.84 Å². The largest absolute Gasteiger partial charge is 0.481 e. The third-order valence-electron chi connectivity index (χ3n) is 4.34. The van der Waals surface area contributed by atoms with Gasteiger partial charge in [0, 0.05) is 19.4 Å².